The fourth-order valence-electron chi connectivity index (χ4n) is 1.29. The maximum absolute atomic E-state index is 11.1. The van der Waals surface area contributed by atoms with Gasteiger partial charge in [0, 0.05) is 11.5 Å². The maximum atomic E-state index is 11.1. The SMILES string of the molecule is O=c1cc(CO)c2cc(Cl)c(=O)[nH]c2o1. The highest BCUT2D eigenvalue weighted by Gasteiger charge is 2.07. The third-order valence-corrected chi connectivity index (χ3v) is 2.25. The predicted molar refractivity (Wildman–Crippen MR) is 54.0 cm³/mol. The van der Waals surface area contributed by atoms with Gasteiger partial charge in [-0.3, -0.25) is 9.78 Å². The zero-order valence-corrected chi connectivity index (χ0v) is 8.17. The Kier molecular flexibility index (Phi) is 2.34. The Morgan fingerprint density at radius 2 is 2.13 bits per heavy atom. The van der Waals surface area contributed by atoms with E-state index < -0.39 is 11.2 Å². The van der Waals surface area contributed by atoms with Crippen LogP contribution in [0.5, 0.6) is 0 Å². The molecule has 2 aromatic rings. The lowest BCUT2D eigenvalue weighted by Gasteiger charge is -2.01. The van der Waals surface area contributed by atoms with Gasteiger partial charge < -0.3 is 9.52 Å². The lowest BCUT2D eigenvalue weighted by molar-refractivity contribution is 0.282. The molecule has 0 aliphatic carbocycles. The van der Waals surface area contributed by atoms with Crippen molar-refractivity contribution in [2.45, 2.75) is 6.61 Å². The second-order valence-electron chi connectivity index (χ2n) is 2.94. The molecule has 0 aliphatic heterocycles. The van der Waals surface area contributed by atoms with E-state index in [9.17, 15) is 9.59 Å². The van der Waals surface area contributed by atoms with E-state index in [1.165, 1.54) is 6.07 Å². The van der Waals surface area contributed by atoms with Crippen molar-refractivity contribution in [3.8, 4) is 0 Å². The Morgan fingerprint density at radius 3 is 2.80 bits per heavy atom. The van der Waals surface area contributed by atoms with Crippen LogP contribution in [-0.4, -0.2) is 10.1 Å². The minimum Gasteiger partial charge on any atom is -0.406 e. The fourth-order valence-corrected chi connectivity index (χ4v) is 1.44. The summed E-state index contributed by atoms with van der Waals surface area (Å²) in [4.78, 5) is 24.5. The van der Waals surface area contributed by atoms with Gasteiger partial charge in [-0.2, -0.15) is 0 Å². The van der Waals surface area contributed by atoms with Crippen LogP contribution >= 0.6 is 11.6 Å². The second-order valence-corrected chi connectivity index (χ2v) is 3.35. The van der Waals surface area contributed by atoms with Gasteiger partial charge in [0.05, 0.1) is 6.61 Å². The van der Waals surface area contributed by atoms with Crippen LogP contribution in [0, 0.1) is 0 Å². The van der Waals surface area contributed by atoms with Gasteiger partial charge in [-0.05, 0) is 11.6 Å². The number of aliphatic hydroxyl groups excluding tert-OH is 1. The van der Waals surface area contributed by atoms with Crippen LogP contribution in [0.25, 0.3) is 11.1 Å². The van der Waals surface area contributed by atoms with Gasteiger partial charge >= 0.3 is 5.63 Å². The fraction of sp³-hybridized carbons (Fsp3) is 0.111. The number of rotatable bonds is 1. The summed E-state index contributed by atoms with van der Waals surface area (Å²) in [5, 5.41) is 9.40. The van der Waals surface area contributed by atoms with Crippen molar-refractivity contribution >= 4 is 22.7 Å². The molecule has 0 aromatic carbocycles. The van der Waals surface area contributed by atoms with Gasteiger partial charge in [0.15, 0.2) is 0 Å². The number of aromatic nitrogens is 1. The average Bonchev–Trinajstić information content (AvgIpc) is 2.19. The molecular formula is C9H6ClNO4. The summed E-state index contributed by atoms with van der Waals surface area (Å²) >= 11 is 5.61. The number of hydrogen-bond donors (Lipinski definition) is 2. The van der Waals surface area contributed by atoms with Crippen molar-refractivity contribution < 1.29 is 9.52 Å². The van der Waals surface area contributed by atoms with Crippen LogP contribution in [0.1, 0.15) is 5.56 Å². The lowest BCUT2D eigenvalue weighted by Crippen LogP contribution is -2.09. The summed E-state index contributed by atoms with van der Waals surface area (Å²) < 4.78 is 4.76. The van der Waals surface area contributed by atoms with Crippen LogP contribution < -0.4 is 11.2 Å². The normalized spacial score (nSPS) is 10.8. The third kappa shape index (κ3) is 1.67. The standard InChI is InChI=1S/C9H6ClNO4/c10-6-2-5-4(3-12)1-7(13)15-9(5)11-8(6)14/h1-2,12H,3H2,(H,11,14). The number of aromatic amines is 1. The molecule has 0 radical (unpaired) electrons. The van der Waals surface area contributed by atoms with E-state index in [-0.39, 0.29) is 17.3 Å². The molecule has 0 atom stereocenters. The van der Waals surface area contributed by atoms with Gasteiger partial charge in [-0.25, -0.2) is 4.79 Å². The monoisotopic (exact) mass is 227 g/mol. The van der Waals surface area contributed by atoms with Crippen molar-refractivity contribution in [2.75, 3.05) is 0 Å². The molecule has 6 heteroatoms. The van der Waals surface area contributed by atoms with Crippen LogP contribution in [0.3, 0.4) is 0 Å². The van der Waals surface area contributed by atoms with Crippen LogP contribution in [-0.2, 0) is 6.61 Å². The van der Waals surface area contributed by atoms with Gasteiger partial charge in [-0.1, -0.05) is 11.6 Å². The predicted octanol–water partition coefficient (Wildman–Crippen LogP) is 0.627. The zero-order valence-electron chi connectivity index (χ0n) is 7.41. The average molecular weight is 228 g/mol. The smallest absolute Gasteiger partial charge is 0.337 e. The van der Waals surface area contributed by atoms with Gasteiger partial charge in [0.1, 0.15) is 5.02 Å². The van der Waals surface area contributed by atoms with Crippen molar-refractivity contribution in [1.82, 2.24) is 4.98 Å². The first-order chi connectivity index (χ1) is 7.11. The molecule has 2 N–H and O–H groups in total. The molecule has 2 rings (SSSR count). The number of nitrogens with one attached hydrogen (secondary N) is 1. The first kappa shape index (κ1) is 9.95. The second kappa shape index (κ2) is 3.52. The van der Waals surface area contributed by atoms with E-state index in [0.717, 1.165) is 6.07 Å². The molecule has 0 unspecified atom stereocenters. The Morgan fingerprint density at radius 1 is 1.40 bits per heavy atom. The minimum absolute atomic E-state index is 0.0148. The molecule has 0 saturated carbocycles. The first-order valence-electron chi connectivity index (χ1n) is 4.08. The molecule has 78 valence electrons. The molecule has 0 fully saturated rings. The topological polar surface area (TPSA) is 83.3 Å². The first-order valence-corrected chi connectivity index (χ1v) is 4.46. The highest BCUT2D eigenvalue weighted by molar-refractivity contribution is 6.31. The Hall–Kier alpha value is -1.59. The molecule has 5 nitrogen and oxygen atoms in total. The lowest BCUT2D eigenvalue weighted by atomic mass is 10.2. The number of H-pyrrole nitrogens is 1. The van der Waals surface area contributed by atoms with Gasteiger partial charge in [-0.15, -0.1) is 0 Å². The summed E-state index contributed by atoms with van der Waals surface area (Å²) in [6.07, 6.45) is 0. The summed E-state index contributed by atoms with van der Waals surface area (Å²) in [7, 11) is 0. The summed E-state index contributed by atoms with van der Waals surface area (Å²) in [5.41, 5.74) is -0.799. The summed E-state index contributed by atoms with van der Waals surface area (Å²) in [6.45, 7) is -0.329. The molecule has 0 amide bonds. The number of aliphatic hydroxyl groups is 1. The Labute approximate surface area is 87.9 Å². The third-order valence-electron chi connectivity index (χ3n) is 1.97. The molecule has 2 aromatic heterocycles. The van der Waals surface area contributed by atoms with Crippen molar-refractivity contribution in [1.29, 1.82) is 0 Å². The summed E-state index contributed by atoms with van der Waals surface area (Å²) in [6, 6.07) is 2.50. The highest BCUT2D eigenvalue weighted by Crippen LogP contribution is 2.16. The Balaban J connectivity index is 2.97. The van der Waals surface area contributed by atoms with Crippen LogP contribution in [0.15, 0.2) is 26.1 Å². The number of pyridine rings is 1. The van der Waals surface area contributed by atoms with Gasteiger partial charge in [0.2, 0.25) is 5.71 Å². The molecule has 0 saturated heterocycles. The van der Waals surface area contributed by atoms with E-state index in [1.807, 2.05) is 0 Å². The maximum Gasteiger partial charge on any atom is 0.337 e. The number of fused-ring (bicyclic) bond motifs is 1. The van der Waals surface area contributed by atoms with Gasteiger partial charge in [0.25, 0.3) is 5.56 Å². The van der Waals surface area contributed by atoms with E-state index in [0.29, 0.717) is 10.9 Å². The highest BCUT2D eigenvalue weighted by atomic mass is 35.5. The Bertz CT molecular complexity index is 628. The van der Waals surface area contributed by atoms with Crippen molar-refractivity contribution in [3.05, 3.63) is 43.5 Å². The molecule has 15 heavy (non-hydrogen) atoms. The quantitative estimate of drug-likeness (QED) is 0.748. The molecule has 0 bridgehead atoms. The van der Waals surface area contributed by atoms with Crippen molar-refractivity contribution in [2.24, 2.45) is 0 Å². The number of halogens is 1. The molecule has 0 spiro atoms. The summed E-state index contributed by atoms with van der Waals surface area (Å²) in [5.74, 6) is 0. The molecule has 2 heterocycles. The van der Waals surface area contributed by atoms with Crippen LogP contribution in [0.2, 0.25) is 5.02 Å². The zero-order chi connectivity index (χ0) is 11.0. The van der Waals surface area contributed by atoms with E-state index in [4.69, 9.17) is 21.1 Å². The number of hydrogen-bond acceptors (Lipinski definition) is 4. The van der Waals surface area contributed by atoms with E-state index in [2.05, 4.69) is 4.98 Å². The largest absolute Gasteiger partial charge is 0.406 e. The van der Waals surface area contributed by atoms with E-state index >= 15 is 0 Å². The van der Waals surface area contributed by atoms with Crippen molar-refractivity contribution in [3.63, 3.8) is 0 Å². The van der Waals surface area contributed by atoms with Crippen LogP contribution in [0.4, 0.5) is 0 Å². The van der Waals surface area contributed by atoms with E-state index in [1.54, 1.807) is 0 Å². The molecular weight excluding hydrogens is 222 g/mol. The minimum atomic E-state index is -0.635. The molecule has 0 aliphatic rings.